The van der Waals surface area contributed by atoms with Gasteiger partial charge in [-0.05, 0) is 38.3 Å². The standard InChI is InChI=1S/C14H22O2/c1-6-14(4,16-5)13(15)12-8-7-10(2)9-11(12)3/h7-9,13,15H,6H2,1-5H3. The highest BCUT2D eigenvalue weighted by Crippen LogP contribution is 2.33. The lowest BCUT2D eigenvalue weighted by molar-refractivity contribution is -0.0946. The van der Waals surface area contributed by atoms with E-state index in [0.717, 1.165) is 17.5 Å². The molecule has 0 aliphatic carbocycles. The Labute approximate surface area is 98.3 Å². The van der Waals surface area contributed by atoms with Crippen molar-refractivity contribution >= 4 is 0 Å². The highest BCUT2D eigenvalue weighted by molar-refractivity contribution is 5.33. The second-order valence-corrected chi connectivity index (χ2v) is 4.63. The Hall–Kier alpha value is -0.860. The van der Waals surface area contributed by atoms with Gasteiger partial charge < -0.3 is 9.84 Å². The molecule has 0 aromatic heterocycles. The molecule has 1 rings (SSSR count). The molecule has 0 saturated heterocycles. The van der Waals surface area contributed by atoms with Crippen LogP contribution >= 0.6 is 0 Å². The van der Waals surface area contributed by atoms with E-state index < -0.39 is 11.7 Å². The van der Waals surface area contributed by atoms with Crippen LogP contribution in [0.4, 0.5) is 0 Å². The Bertz CT molecular complexity index is 354. The molecule has 0 radical (unpaired) electrons. The molecule has 0 amide bonds. The van der Waals surface area contributed by atoms with Crippen LogP contribution in [0, 0.1) is 13.8 Å². The fourth-order valence-corrected chi connectivity index (χ4v) is 1.91. The highest BCUT2D eigenvalue weighted by atomic mass is 16.5. The third-order valence-electron chi connectivity index (χ3n) is 3.47. The van der Waals surface area contributed by atoms with Crippen LogP contribution in [0.5, 0.6) is 0 Å². The molecule has 2 heteroatoms. The number of hydrogen-bond donors (Lipinski definition) is 1. The van der Waals surface area contributed by atoms with Crippen LogP contribution in [0.2, 0.25) is 0 Å². The van der Waals surface area contributed by atoms with Gasteiger partial charge in [-0.25, -0.2) is 0 Å². The maximum atomic E-state index is 10.4. The van der Waals surface area contributed by atoms with Crippen LogP contribution in [0.3, 0.4) is 0 Å². The Morgan fingerprint density at radius 2 is 2.00 bits per heavy atom. The lowest BCUT2D eigenvalue weighted by Crippen LogP contribution is -2.34. The van der Waals surface area contributed by atoms with Crippen molar-refractivity contribution in [3.05, 3.63) is 34.9 Å². The van der Waals surface area contributed by atoms with Crippen molar-refractivity contribution in [3.63, 3.8) is 0 Å². The summed E-state index contributed by atoms with van der Waals surface area (Å²) in [4.78, 5) is 0. The smallest absolute Gasteiger partial charge is 0.108 e. The molecule has 16 heavy (non-hydrogen) atoms. The van der Waals surface area contributed by atoms with Gasteiger partial charge >= 0.3 is 0 Å². The number of aliphatic hydroxyl groups is 1. The van der Waals surface area contributed by atoms with Crippen LogP contribution in [0.1, 0.15) is 43.1 Å². The van der Waals surface area contributed by atoms with Crippen LogP contribution in [-0.2, 0) is 4.74 Å². The van der Waals surface area contributed by atoms with E-state index in [1.54, 1.807) is 7.11 Å². The molecule has 1 N–H and O–H groups in total. The van der Waals surface area contributed by atoms with Crippen LogP contribution < -0.4 is 0 Å². The molecular weight excluding hydrogens is 200 g/mol. The van der Waals surface area contributed by atoms with E-state index >= 15 is 0 Å². The Kier molecular flexibility index (Phi) is 4.11. The van der Waals surface area contributed by atoms with Crippen molar-refractivity contribution in [1.29, 1.82) is 0 Å². The number of aliphatic hydroxyl groups excluding tert-OH is 1. The average molecular weight is 222 g/mol. The van der Waals surface area contributed by atoms with Crippen LogP contribution in [0.25, 0.3) is 0 Å². The maximum Gasteiger partial charge on any atom is 0.108 e. The molecule has 0 heterocycles. The molecule has 0 aliphatic heterocycles. The van der Waals surface area contributed by atoms with Crippen molar-refractivity contribution in [2.75, 3.05) is 7.11 Å². The SMILES string of the molecule is CCC(C)(OC)C(O)c1ccc(C)cc1C. The molecule has 2 unspecified atom stereocenters. The molecule has 1 aromatic rings. The molecule has 0 bridgehead atoms. The first-order valence-corrected chi connectivity index (χ1v) is 5.75. The fourth-order valence-electron chi connectivity index (χ4n) is 1.91. The zero-order valence-corrected chi connectivity index (χ0v) is 10.9. The van der Waals surface area contributed by atoms with Crippen molar-refractivity contribution in [2.24, 2.45) is 0 Å². The number of aryl methyl sites for hydroxylation is 2. The van der Waals surface area contributed by atoms with Gasteiger partial charge in [0, 0.05) is 7.11 Å². The molecule has 1 aromatic carbocycles. The number of methoxy groups -OCH3 is 1. The zero-order valence-electron chi connectivity index (χ0n) is 10.9. The molecule has 2 nitrogen and oxygen atoms in total. The van der Waals surface area contributed by atoms with Gasteiger partial charge in [0.05, 0.1) is 5.60 Å². The predicted molar refractivity (Wildman–Crippen MR) is 66.6 cm³/mol. The first kappa shape index (κ1) is 13.2. The largest absolute Gasteiger partial charge is 0.385 e. The van der Waals surface area contributed by atoms with Gasteiger partial charge in [0.2, 0.25) is 0 Å². The highest BCUT2D eigenvalue weighted by Gasteiger charge is 2.32. The van der Waals surface area contributed by atoms with Gasteiger partial charge in [-0.2, -0.15) is 0 Å². The van der Waals surface area contributed by atoms with Crippen molar-refractivity contribution in [2.45, 2.75) is 45.8 Å². The minimum atomic E-state index is -0.580. The second-order valence-electron chi connectivity index (χ2n) is 4.63. The van der Waals surface area contributed by atoms with E-state index in [9.17, 15) is 5.11 Å². The Balaban J connectivity index is 3.08. The average Bonchev–Trinajstić information content (AvgIpc) is 2.27. The zero-order chi connectivity index (χ0) is 12.3. The molecule has 0 saturated carbocycles. The maximum absolute atomic E-state index is 10.4. The van der Waals surface area contributed by atoms with Gasteiger partial charge in [-0.3, -0.25) is 0 Å². The summed E-state index contributed by atoms with van der Waals surface area (Å²) in [7, 11) is 1.65. The Morgan fingerprint density at radius 3 is 2.44 bits per heavy atom. The summed E-state index contributed by atoms with van der Waals surface area (Å²) >= 11 is 0. The third-order valence-corrected chi connectivity index (χ3v) is 3.47. The van der Waals surface area contributed by atoms with Gasteiger partial charge in [-0.1, -0.05) is 30.7 Å². The number of rotatable bonds is 4. The molecule has 0 fully saturated rings. The van der Waals surface area contributed by atoms with E-state index in [4.69, 9.17) is 4.74 Å². The summed E-state index contributed by atoms with van der Waals surface area (Å²) in [5, 5.41) is 10.4. The second kappa shape index (κ2) is 4.98. The summed E-state index contributed by atoms with van der Waals surface area (Å²) in [6, 6.07) is 6.10. The molecular formula is C14H22O2. The van der Waals surface area contributed by atoms with E-state index in [1.165, 1.54) is 5.56 Å². The number of ether oxygens (including phenoxy) is 1. The summed E-state index contributed by atoms with van der Waals surface area (Å²) in [5.41, 5.74) is 2.77. The molecule has 0 aliphatic rings. The van der Waals surface area contributed by atoms with Crippen LogP contribution in [0.15, 0.2) is 18.2 Å². The van der Waals surface area contributed by atoms with Gasteiger partial charge in [0.15, 0.2) is 0 Å². The van der Waals surface area contributed by atoms with Gasteiger partial charge in [0.25, 0.3) is 0 Å². The quantitative estimate of drug-likeness (QED) is 0.848. The van der Waals surface area contributed by atoms with Crippen molar-refractivity contribution < 1.29 is 9.84 Å². The number of benzene rings is 1. The van der Waals surface area contributed by atoms with Gasteiger partial charge in [0.1, 0.15) is 6.10 Å². The molecule has 0 spiro atoms. The van der Waals surface area contributed by atoms with E-state index in [-0.39, 0.29) is 0 Å². The van der Waals surface area contributed by atoms with E-state index in [1.807, 2.05) is 32.9 Å². The minimum absolute atomic E-state index is 0.514. The first-order chi connectivity index (χ1) is 7.44. The van der Waals surface area contributed by atoms with Crippen molar-refractivity contribution in [3.8, 4) is 0 Å². The summed E-state index contributed by atoms with van der Waals surface area (Å²) in [5.74, 6) is 0. The predicted octanol–water partition coefficient (Wildman–Crippen LogP) is 3.15. The Morgan fingerprint density at radius 1 is 1.38 bits per heavy atom. The van der Waals surface area contributed by atoms with Crippen molar-refractivity contribution in [1.82, 2.24) is 0 Å². The summed E-state index contributed by atoms with van der Waals surface area (Å²) in [6.07, 6.45) is 0.195. The van der Waals surface area contributed by atoms with Crippen LogP contribution in [-0.4, -0.2) is 17.8 Å². The van der Waals surface area contributed by atoms with E-state index in [2.05, 4.69) is 13.0 Å². The topological polar surface area (TPSA) is 29.5 Å². The molecule has 2 atom stereocenters. The lowest BCUT2D eigenvalue weighted by atomic mass is 9.87. The summed E-state index contributed by atoms with van der Waals surface area (Å²) < 4.78 is 5.44. The monoisotopic (exact) mass is 222 g/mol. The minimum Gasteiger partial charge on any atom is -0.385 e. The first-order valence-electron chi connectivity index (χ1n) is 5.75. The molecule has 90 valence electrons. The third kappa shape index (κ3) is 2.45. The fraction of sp³-hybridized carbons (Fsp3) is 0.571. The lowest BCUT2D eigenvalue weighted by Gasteiger charge is -2.33. The van der Waals surface area contributed by atoms with E-state index in [0.29, 0.717) is 0 Å². The number of hydrogen-bond acceptors (Lipinski definition) is 2. The summed E-state index contributed by atoms with van der Waals surface area (Å²) in [6.45, 7) is 8.04. The normalized spacial score (nSPS) is 16.9. The van der Waals surface area contributed by atoms with Gasteiger partial charge in [-0.15, -0.1) is 0 Å².